The van der Waals surface area contributed by atoms with Gasteiger partial charge in [0.1, 0.15) is 16.4 Å². The Bertz CT molecular complexity index is 1450. The number of nitrogens with zero attached hydrogens (tertiary/aromatic N) is 3. The van der Waals surface area contributed by atoms with Crippen LogP contribution >= 0.6 is 34.4 Å². The smallest absolute Gasteiger partial charge is 0.342 e. The van der Waals surface area contributed by atoms with E-state index >= 15 is 0 Å². The molecule has 0 fully saturated rings. The minimum absolute atomic E-state index is 0.0622. The third kappa shape index (κ3) is 5.44. The second-order valence-electron chi connectivity index (χ2n) is 7.99. The minimum Gasteiger partial charge on any atom is -0.497 e. The Hall–Kier alpha value is -3.25. The fraction of sp³-hybridized carbons (Fsp3) is 0.192. The van der Waals surface area contributed by atoms with Gasteiger partial charge in [-0.25, -0.2) is 4.79 Å². The average Bonchev–Trinajstić information content (AvgIpc) is 3.44. The van der Waals surface area contributed by atoms with Crippen LogP contribution in [0.25, 0.3) is 23.2 Å². The summed E-state index contributed by atoms with van der Waals surface area (Å²) in [6, 6.07) is 13.4. The summed E-state index contributed by atoms with van der Waals surface area (Å²) in [5, 5.41) is 18.1. The predicted octanol–water partition coefficient (Wildman–Crippen LogP) is 6.29. The molecule has 0 aliphatic rings. The lowest BCUT2D eigenvalue weighted by Gasteiger charge is -2.11. The second kappa shape index (κ2) is 10.8. The number of hydrogen-bond donors (Lipinski definition) is 1. The number of thioether (sulfide) groups is 1. The lowest BCUT2D eigenvalue weighted by atomic mass is 10.2. The van der Waals surface area contributed by atoms with E-state index in [1.807, 2.05) is 19.9 Å². The van der Waals surface area contributed by atoms with Gasteiger partial charge in [0.05, 0.1) is 14.2 Å². The number of aryl methyl sites for hydroxylation is 2. The highest BCUT2D eigenvalue weighted by atomic mass is 127. The number of ether oxygens (including phenoxy) is 2. The molecule has 0 aliphatic carbocycles. The molecule has 2 heterocycles. The molecule has 36 heavy (non-hydrogen) atoms. The number of carboxylic acid groups (broad SMARTS) is 1. The first kappa shape index (κ1) is 25.8. The average molecular weight is 617 g/mol. The minimum atomic E-state index is -1.09. The van der Waals surface area contributed by atoms with Crippen molar-refractivity contribution in [2.75, 3.05) is 14.2 Å². The largest absolute Gasteiger partial charge is 0.497 e. The molecular weight excluding hydrogens is 593 g/mol. The molecule has 0 saturated carbocycles. The molecule has 2 aromatic heterocycles. The summed E-state index contributed by atoms with van der Waals surface area (Å²) in [7, 11) is 3.10. The standard InChI is InChI=1S/C26H24IN3O5S/c1-14-6-7-19(12-22(14)27)30-15(2)8-17(16(30)3)11-23(25(31)32)36-26-29-28-24(35-26)18-9-20(33-4)13-21(10-18)34-5/h6-13H,1-5H3,(H,31,32)/b23-11-. The fourth-order valence-electron chi connectivity index (χ4n) is 3.72. The van der Waals surface area contributed by atoms with Crippen LogP contribution in [0.3, 0.4) is 0 Å². The maximum atomic E-state index is 12.1. The third-order valence-corrected chi connectivity index (χ3v) is 7.60. The topological polar surface area (TPSA) is 99.6 Å². The van der Waals surface area contributed by atoms with Gasteiger partial charge in [-0.3, -0.25) is 0 Å². The summed E-state index contributed by atoms with van der Waals surface area (Å²) in [6.07, 6.45) is 1.63. The highest BCUT2D eigenvalue weighted by Gasteiger charge is 2.19. The molecule has 4 rings (SSSR count). The number of aliphatic carboxylic acids is 1. The van der Waals surface area contributed by atoms with Gasteiger partial charge in [0, 0.05) is 32.3 Å². The highest BCUT2D eigenvalue weighted by molar-refractivity contribution is 14.1. The molecule has 0 radical (unpaired) electrons. The van der Waals surface area contributed by atoms with Crippen molar-refractivity contribution in [2.45, 2.75) is 26.0 Å². The van der Waals surface area contributed by atoms with Crippen LogP contribution in [0.1, 0.15) is 22.5 Å². The van der Waals surface area contributed by atoms with E-state index in [9.17, 15) is 9.90 Å². The van der Waals surface area contributed by atoms with Crippen LogP contribution in [0.4, 0.5) is 0 Å². The van der Waals surface area contributed by atoms with Crippen molar-refractivity contribution in [3.8, 4) is 28.6 Å². The Morgan fingerprint density at radius 1 is 1.06 bits per heavy atom. The lowest BCUT2D eigenvalue weighted by molar-refractivity contribution is -0.131. The van der Waals surface area contributed by atoms with Crippen molar-refractivity contribution >= 4 is 46.4 Å². The zero-order chi connectivity index (χ0) is 26.0. The molecule has 0 atom stereocenters. The Morgan fingerprint density at radius 2 is 1.75 bits per heavy atom. The summed E-state index contributed by atoms with van der Waals surface area (Å²) >= 11 is 3.22. The predicted molar refractivity (Wildman–Crippen MR) is 147 cm³/mol. The SMILES string of the molecule is COc1cc(OC)cc(-c2nnc(S/C(=C\c3cc(C)n(-c4ccc(C)c(I)c4)c3C)C(=O)O)o2)c1. The first-order valence-electron chi connectivity index (χ1n) is 10.9. The number of halogens is 1. The van der Waals surface area contributed by atoms with E-state index < -0.39 is 5.97 Å². The quantitative estimate of drug-likeness (QED) is 0.140. The zero-order valence-electron chi connectivity index (χ0n) is 20.3. The van der Waals surface area contributed by atoms with Crippen LogP contribution in [0, 0.1) is 24.3 Å². The molecule has 0 spiro atoms. The number of carbonyl (C=O) groups is 1. The number of benzene rings is 2. The molecule has 0 unspecified atom stereocenters. The molecule has 0 aliphatic heterocycles. The maximum absolute atomic E-state index is 12.1. The van der Waals surface area contributed by atoms with Gasteiger partial charge in [-0.05, 0) is 103 Å². The summed E-state index contributed by atoms with van der Waals surface area (Å²) in [5.74, 6) is 0.284. The van der Waals surface area contributed by atoms with Gasteiger partial charge in [0.15, 0.2) is 0 Å². The van der Waals surface area contributed by atoms with Crippen molar-refractivity contribution in [2.24, 2.45) is 0 Å². The third-order valence-electron chi connectivity index (χ3n) is 5.58. The van der Waals surface area contributed by atoms with Gasteiger partial charge < -0.3 is 23.6 Å². The number of rotatable bonds is 8. The van der Waals surface area contributed by atoms with Crippen LogP contribution in [-0.4, -0.2) is 40.1 Å². The first-order valence-corrected chi connectivity index (χ1v) is 12.7. The van der Waals surface area contributed by atoms with Crippen LogP contribution in [0.2, 0.25) is 0 Å². The molecule has 0 bridgehead atoms. The van der Waals surface area contributed by atoms with E-state index in [1.54, 1.807) is 38.5 Å². The number of methoxy groups -OCH3 is 2. The lowest BCUT2D eigenvalue weighted by Crippen LogP contribution is -2.00. The number of aromatic nitrogens is 3. The number of carboxylic acids is 1. The van der Waals surface area contributed by atoms with Gasteiger partial charge in [0.2, 0.25) is 5.89 Å². The molecular formula is C26H24IN3O5S. The van der Waals surface area contributed by atoms with Crippen LogP contribution in [0.5, 0.6) is 11.5 Å². The molecule has 0 saturated heterocycles. The normalized spacial score (nSPS) is 11.6. The molecule has 10 heteroatoms. The molecule has 186 valence electrons. The summed E-state index contributed by atoms with van der Waals surface area (Å²) in [4.78, 5) is 12.1. The van der Waals surface area contributed by atoms with E-state index in [0.29, 0.717) is 17.1 Å². The Kier molecular flexibility index (Phi) is 7.74. The molecule has 4 aromatic rings. The van der Waals surface area contributed by atoms with Gasteiger partial charge >= 0.3 is 5.97 Å². The van der Waals surface area contributed by atoms with E-state index in [1.165, 1.54) is 5.56 Å². The number of hydrogen-bond acceptors (Lipinski definition) is 7. The summed E-state index contributed by atoms with van der Waals surface area (Å²) in [5.41, 5.74) is 5.56. The van der Waals surface area contributed by atoms with Crippen LogP contribution in [-0.2, 0) is 4.79 Å². The van der Waals surface area contributed by atoms with E-state index in [2.05, 4.69) is 62.5 Å². The Balaban J connectivity index is 1.65. The van der Waals surface area contributed by atoms with Crippen molar-refractivity contribution in [1.82, 2.24) is 14.8 Å². The van der Waals surface area contributed by atoms with E-state index in [0.717, 1.165) is 38.0 Å². The Morgan fingerprint density at radius 3 is 2.36 bits per heavy atom. The van der Waals surface area contributed by atoms with Gasteiger partial charge in [-0.15, -0.1) is 10.2 Å². The fourth-order valence-corrected chi connectivity index (χ4v) is 4.88. The maximum Gasteiger partial charge on any atom is 0.342 e. The molecule has 1 N–H and O–H groups in total. The van der Waals surface area contributed by atoms with E-state index in [4.69, 9.17) is 13.9 Å². The van der Waals surface area contributed by atoms with Crippen LogP contribution in [0.15, 0.2) is 57.0 Å². The summed E-state index contributed by atoms with van der Waals surface area (Å²) < 4.78 is 19.6. The van der Waals surface area contributed by atoms with Crippen LogP contribution < -0.4 is 9.47 Å². The Labute approximate surface area is 226 Å². The second-order valence-corrected chi connectivity index (χ2v) is 10.1. The van der Waals surface area contributed by atoms with Gasteiger partial charge in [0.25, 0.3) is 5.22 Å². The molecule has 8 nitrogen and oxygen atoms in total. The molecule has 0 amide bonds. The van der Waals surface area contributed by atoms with Crippen molar-refractivity contribution in [3.05, 3.63) is 73.5 Å². The monoisotopic (exact) mass is 617 g/mol. The zero-order valence-corrected chi connectivity index (χ0v) is 23.3. The first-order chi connectivity index (χ1) is 17.2. The van der Waals surface area contributed by atoms with Crippen molar-refractivity contribution < 1.29 is 23.8 Å². The van der Waals surface area contributed by atoms with Crippen molar-refractivity contribution in [1.29, 1.82) is 0 Å². The molecule has 2 aromatic carbocycles. The van der Waals surface area contributed by atoms with Gasteiger partial charge in [-0.1, -0.05) is 6.07 Å². The van der Waals surface area contributed by atoms with Crippen molar-refractivity contribution in [3.63, 3.8) is 0 Å². The van der Waals surface area contributed by atoms with Gasteiger partial charge in [-0.2, -0.15) is 0 Å². The summed E-state index contributed by atoms with van der Waals surface area (Å²) in [6.45, 7) is 6.03. The highest BCUT2D eigenvalue weighted by Crippen LogP contribution is 2.34. The van der Waals surface area contributed by atoms with E-state index in [-0.39, 0.29) is 16.0 Å².